The number of aliphatic hydroxyl groups is 1. The minimum absolute atomic E-state index is 0.347. The maximum atomic E-state index is 8.85. The molecule has 2 heteroatoms. The van der Waals surface area contributed by atoms with E-state index in [0.29, 0.717) is 6.61 Å². The van der Waals surface area contributed by atoms with Gasteiger partial charge in [-0.05, 0) is 45.3 Å². The molecule has 0 bridgehead atoms. The summed E-state index contributed by atoms with van der Waals surface area (Å²) in [4.78, 5) is 2.61. The van der Waals surface area contributed by atoms with Crippen LogP contribution in [0.15, 0.2) is 0 Å². The van der Waals surface area contributed by atoms with Gasteiger partial charge in [-0.3, -0.25) is 0 Å². The van der Waals surface area contributed by atoms with Crippen molar-refractivity contribution in [1.82, 2.24) is 4.90 Å². The first-order valence-electron chi connectivity index (χ1n) is 8.18. The molecule has 18 heavy (non-hydrogen) atoms. The Morgan fingerprint density at radius 3 is 1.44 bits per heavy atom. The highest BCUT2D eigenvalue weighted by Crippen LogP contribution is 2.06. The van der Waals surface area contributed by atoms with E-state index in [1.165, 1.54) is 71.0 Å². The second-order valence-electron chi connectivity index (χ2n) is 5.39. The van der Waals surface area contributed by atoms with Crippen molar-refractivity contribution in [3.05, 3.63) is 0 Å². The first-order chi connectivity index (χ1) is 8.85. The summed E-state index contributed by atoms with van der Waals surface area (Å²) in [6.07, 6.45) is 13.0. The van der Waals surface area contributed by atoms with Gasteiger partial charge in [-0.25, -0.2) is 0 Å². The van der Waals surface area contributed by atoms with Crippen LogP contribution in [0.4, 0.5) is 0 Å². The van der Waals surface area contributed by atoms with Crippen molar-refractivity contribution >= 4 is 0 Å². The summed E-state index contributed by atoms with van der Waals surface area (Å²) in [5.41, 5.74) is 0. The fourth-order valence-corrected chi connectivity index (χ4v) is 2.31. The average molecular weight is 257 g/mol. The number of hydrogen-bond donors (Lipinski definition) is 1. The van der Waals surface area contributed by atoms with Gasteiger partial charge in [0.2, 0.25) is 0 Å². The smallest absolute Gasteiger partial charge is 0.0431 e. The molecule has 0 aliphatic carbocycles. The first-order valence-corrected chi connectivity index (χ1v) is 8.18. The van der Waals surface area contributed by atoms with Gasteiger partial charge in [0, 0.05) is 6.61 Å². The lowest BCUT2D eigenvalue weighted by molar-refractivity contribution is 0.234. The normalized spacial score (nSPS) is 11.3. The molecule has 110 valence electrons. The van der Waals surface area contributed by atoms with Crippen LogP contribution < -0.4 is 0 Å². The molecule has 2 nitrogen and oxygen atoms in total. The quantitative estimate of drug-likeness (QED) is 0.471. The van der Waals surface area contributed by atoms with E-state index in [4.69, 9.17) is 5.11 Å². The van der Waals surface area contributed by atoms with Gasteiger partial charge in [0.05, 0.1) is 0 Å². The molecule has 0 aromatic rings. The van der Waals surface area contributed by atoms with Crippen LogP contribution in [-0.2, 0) is 0 Å². The molecule has 0 spiro atoms. The maximum absolute atomic E-state index is 8.85. The molecule has 0 unspecified atom stereocenters. The Kier molecular flexibility index (Phi) is 14.9. The van der Waals surface area contributed by atoms with Gasteiger partial charge >= 0.3 is 0 Å². The zero-order valence-corrected chi connectivity index (χ0v) is 12.8. The van der Waals surface area contributed by atoms with E-state index >= 15 is 0 Å². The van der Waals surface area contributed by atoms with Gasteiger partial charge in [0.1, 0.15) is 0 Å². The summed E-state index contributed by atoms with van der Waals surface area (Å²) in [7, 11) is 0. The number of rotatable bonds is 14. The fraction of sp³-hybridized carbons (Fsp3) is 1.00. The average Bonchev–Trinajstić information content (AvgIpc) is 2.39. The third-order valence-corrected chi connectivity index (χ3v) is 3.54. The molecule has 0 heterocycles. The number of hydrogen-bond acceptors (Lipinski definition) is 2. The third kappa shape index (κ3) is 12.4. The Labute approximate surface area is 115 Å². The fourth-order valence-electron chi connectivity index (χ4n) is 2.31. The lowest BCUT2D eigenvalue weighted by atomic mass is 10.1. The van der Waals surface area contributed by atoms with Crippen molar-refractivity contribution in [3.63, 3.8) is 0 Å². The van der Waals surface area contributed by atoms with E-state index in [0.717, 1.165) is 12.8 Å². The second kappa shape index (κ2) is 15.0. The Hall–Kier alpha value is -0.0800. The maximum Gasteiger partial charge on any atom is 0.0431 e. The minimum atomic E-state index is 0.347. The molecule has 0 radical (unpaired) electrons. The molecular formula is C16H35NO. The SMILES string of the molecule is CCCCCCN(CCCCO)CCCCCC. The second-order valence-corrected chi connectivity index (χ2v) is 5.39. The van der Waals surface area contributed by atoms with E-state index in [1.54, 1.807) is 0 Å². The van der Waals surface area contributed by atoms with Gasteiger partial charge in [0.15, 0.2) is 0 Å². The predicted molar refractivity (Wildman–Crippen MR) is 81.0 cm³/mol. The van der Waals surface area contributed by atoms with Crippen LogP contribution in [0.2, 0.25) is 0 Å². The Bertz CT molecular complexity index is 138. The summed E-state index contributed by atoms with van der Waals surface area (Å²) < 4.78 is 0. The molecule has 0 aliphatic rings. The van der Waals surface area contributed by atoms with Crippen LogP contribution >= 0.6 is 0 Å². The molecular weight excluding hydrogens is 222 g/mol. The van der Waals surface area contributed by atoms with Crippen molar-refractivity contribution in [2.75, 3.05) is 26.2 Å². The number of nitrogens with zero attached hydrogens (tertiary/aromatic N) is 1. The molecule has 0 saturated heterocycles. The molecule has 0 aromatic heterocycles. The lowest BCUT2D eigenvalue weighted by Gasteiger charge is -2.22. The highest BCUT2D eigenvalue weighted by Gasteiger charge is 2.04. The largest absolute Gasteiger partial charge is 0.396 e. The summed E-state index contributed by atoms with van der Waals surface area (Å²) in [5.74, 6) is 0. The Morgan fingerprint density at radius 2 is 1.06 bits per heavy atom. The molecule has 0 saturated carbocycles. The van der Waals surface area contributed by atoms with Crippen molar-refractivity contribution in [1.29, 1.82) is 0 Å². The number of unbranched alkanes of at least 4 members (excludes halogenated alkanes) is 7. The van der Waals surface area contributed by atoms with Crippen LogP contribution in [0.1, 0.15) is 78.1 Å². The highest BCUT2D eigenvalue weighted by atomic mass is 16.2. The zero-order valence-electron chi connectivity index (χ0n) is 12.8. The van der Waals surface area contributed by atoms with Crippen LogP contribution in [-0.4, -0.2) is 36.2 Å². The first kappa shape index (κ1) is 17.9. The van der Waals surface area contributed by atoms with Crippen molar-refractivity contribution in [3.8, 4) is 0 Å². The molecule has 0 aromatic carbocycles. The van der Waals surface area contributed by atoms with Crippen LogP contribution in [0.25, 0.3) is 0 Å². The third-order valence-electron chi connectivity index (χ3n) is 3.54. The van der Waals surface area contributed by atoms with Crippen LogP contribution in [0, 0.1) is 0 Å². The van der Waals surface area contributed by atoms with Gasteiger partial charge in [-0.2, -0.15) is 0 Å². The van der Waals surface area contributed by atoms with Crippen molar-refractivity contribution in [2.45, 2.75) is 78.1 Å². The molecule has 0 rings (SSSR count). The summed E-state index contributed by atoms with van der Waals surface area (Å²) in [6.45, 7) is 8.58. The van der Waals surface area contributed by atoms with Crippen LogP contribution in [0.5, 0.6) is 0 Å². The Morgan fingerprint density at radius 1 is 0.611 bits per heavy atom. The molecule has 0 amide bonds. The summed E-state index contributed by atoms with van der Waals surface area (Å²) >= 11 is 0. The van der Waals surface area contributed by atoms with E-state index in [1.807, 2.05) is 0 Å². The highest BCUT2D eigenvalue weighted by molar-refractivity contribution is 4.59. The lowest BCUT2D eigenvalue weighted by Crippen LogP contribution is -2.27. The molecule has 0 atom stereocenters. The van der Waals surface area contributed by atoms with Gasteiger partial charge in [-0.1, -0.05) is 52.4 Å². The topological polar surface area (TPSA) is 23.5 Å². The van der Waals surface area contributed by atoms with Crippen molar-refractivity contribution in [2.24, 2.45) is 0 Å². The monoisotopic (exact) mass is 257 g/mol. The molecule has 0 fully saturated rings. The van der Waals surface area contributed by atoms with Gasteiger partial charge < -0.3 is 10.0 Å². The molecule has 0 aliphatic heterocycles. The predicted octanol–water partition coefficient (Wildman–Crippen LogP) is 4.22. The van der Waals surface area contributed by atoms with E-state index in [9.17, 15) is 0 Å². The zero-order chi connectivity index (χ0) is 13.5. The van der Waals surface area contributed by atoms with E-state index in [-0.39, 0.29) is 0 Å². The summed E-state index contributed by atoms with van der Waals surface area (Å²) in [5, 5.41) is 8.85. The van der Waals surface area contributed by atoms with Crippen molar-refractivity contribution < 1.29 is 5.11 Å². The van der Waals surface area contributed by atoms with E-state index in [2.05, 4.69) is 18.7 Å². The van der Waals surface area contributed by atoms with Crippen LogP contribution in [0.3, 0.4) is 0 Å². The number of aliphatic hydroxyl groups excluding tert-OH is 1. The van der Waals surface area contributed by atoms with E-state index < -0.39 is 0 Å². The Balaban J connectivity index is 3.62. The standard InChI is InChI=1S/C16H35NO/c1-3-5-7-9-13-17(15-11-12-16-18)14-10-8-6-4-2/h18H,3-16H2,1-2H3. The summed E-state index contributed by atoms with van der Waals surface area (Å²) in [6, 6.07) is 0. The molecule has 1 N–H and O–H groups in total. The van der Waals surface area contributed by atoms with Gasteiger partial charge in [-0.15, -0.1) is 0 Å². The minimum Gasteiger partial charge on any atom is -0.396 e. The van der Waals surface area contributed by atoms with Gasteiger partial charge in [0.25, 0.3) is 0 Å².